The maximum Gasteiger partial charge on any atom is 0.233 e. The van der Waals surface area contributed by atoms with E-state index in [2.05, 4.69) is 10.3 Å². The molecule has 1 unspecified atom stereocenters. The van der Waals surface area contributed by atoms with Gasteiger partial charge in [-0.15, -0.1) is 16.9 Å². The molecule has 0 spiro atoms. The number of hydrogen-bond donors (Lipinski definition) is 1. The van der Waals surface area contributed by atoms with Crippen LogP contribution in [0.5, 0.6) is 0 Å². The first-order valence-corrected chi connectivity index (χ1v) is 8.66. The van der Waals surface area contributed by atoms with Gasteiger partial charge in [-0.25, -0.2) is 4.68 Å². The van der Waals surface area contributed by atoms with Gasteiger partial charge >= 0.3 is 0 Å². The molecule has 0 aliphatic carbocycles. The van der Waals surface area contributed by atoms with Gasteiger partial charge in [-0.1, -0.05) is 28.9 Å². The van der Waals surface area contributed by atoms with E-state index in [1.807, 2.05) is 24.3 Å². The Hall–Kier alpha value is -1.57. The van der Waals surface area contributed by atoms with Crippen molar-refractivity contribution in [3.63, 3.8) is 0 Å². The molecule has 1 aliphatic heterocycles. The fraction of sp³-hybridized carbons (Fsp3) is 0.400. The standard InChI is InChI=1S/C15H17ClN4O2S/c1-10(21)13-8-20(18-17-13)11-6-19(7-11)15(22)9-23-14-5-3-2-4-12(14)16/h2-5,8,10-11,21H,6-7,9H2,1H3. The SMILES string of the molecule is CC(O)c1cn(C2CN(C(=O)CSc3ccccc3Cl)C2)nn1. The molecule has 1 amide bonds. The molecule has 0 saturated carbocycles. The van der Waals surface area contributed by atoms with E-state index >= 15 is 0 Å². The third-order valence-corrected chi connectivity index (χ3v) is 5.23. The lowest BCUT2D eigenvalue weighted by molar-refractivity contribution is -0.134. The number of halogens is 1. The molecule has 8 heteroatoms. The summed E-state index contributed by atoms with van der Waals surface area (Å²) in [6, 6.07) is 7.63. The van der Waals surface area contributed by atoms with Crippen molar-refractivity contribution >= 4 is 29.3 Å². The average Bonchev–Trinajstić information content (AvgIpc) is 2.94. The zero-order chi connectivity index (χ0) is 16.4. The lowest BCUT2D eigenvalue weighted by Crippen LogP contribution is -2.51. The molecule has 6 nitrogen and oxygen atoms in total. The summed E-state index contributed by atoms with van der Waals surface area (Å²) in [7, 11) is 0. The Bertz CT molecular complexity index is 700. The van der Waals surface area contributed by atoms with Gasteiger partial charge in [0.2, 0.25) is 5.91 Å². The number of aliphatic hydroxyl groups excluding tert-OH is 1. The largest absolute Gasteiger partial charge is 0.387 e. The van der Waals surface area contributed by atoms with Gasteiger partial charge in [-0.3, -0.25) is 4.79 Å². The number of rotatable bonds is 5. The molecule has 3 rings (SSSR count). The van der Waals surface area contributed by atoms with Gasteiger partial charge in [-0.05, 0) is 19.1 Å². The van der Waals surface area contributed by atoms with Gasteiger partial charge < -0.3 is 10.0 Å². The molecule has 1 fully saturated rings. The highest BCUT2D eigenvalue weighted by Crippen LogP contribution is 2.28. The van der Waals surface area contributed by atoms with Crippen LogP contribution in [0.4, 0.5) is 0 Å². The molecular weight excluding hydrogens is 336 g/mol. The Morgan fingerprint density at radius 2 is 2.22 bits per heavy atom. The molecule has 1 aliphatic rings. The normalized spacial score (nSPS) is 16.2. The number of amides is 1. The van der Waals surface area contributed by atoms with Crippen LogP contribution in [-0.4, -0.2) is 49.7 Å². The molecule has 1 N–H and O–H groups in total. The van der Waals surface area contributed by atoms with Crippen LogP contribution in [-0.2, 0) is 4.79 Å². The number of carbonyl (C=O) groups is 1. The monoisotopic (exact) mass is 352 g/mol. The molecule has 23 heavy (non-hydrogen) atoms. The van der Waals surface area contributed by atoms with Crippen molar-refractivity contribution in [2.75, 3.05) is 18.8 Å². The predicted molar refractivity (Wildman–Crippen MR) is 88.4 cm³/mol. The van der Waals surface area contributed by atoms with E-state index in [9.17, 15) is 9.90 Å². The molecule has 0 radical (unpaired) electrons. The summed E-state index contributed by atoms with van der Waals surface area (Å²) in [5.41, 5.74) is 0.545. The minimum atomic E-state index is -0.631. The predicted octanol–water partition coefficient (Wildman–Crippen LogP) is 2.16. The van der Waals surface area contributed by atoms with Crippen LogP contribution >= 0.6 is 23.4 Å². The topological polar surface area (TPSA) is 71.2 Å². The van der Waals surface area contributed by atoms with E-state index in [0.29, 0.717) is 29.6 Å². The second-order valence-electron chi connectivity index (χ2n) is 5.47. The number of carbonyl (C=O) groups excluding carboxylic acids is 1. The first-order chi connectivity index (χ1) is 11.0. The van der Waals surface area contributed by atoms with Gasteiger partial charge in [-0.2, -0.15) is 0 Å². The van der Waals surface area contributed by atoms with Crippen molar-refractivity contribution in [2.24, 2.45) is 0 Å². The molecule has 1 saturated heterocycles. The van der Waals surface area contributed by atoms with Gasteiger partial charge in [0.15, 0.2) is 0 Å². The van der Waals surface area contributed by atoms with Crippen molar-refractivity contribution in [3.05, 3.63) is 41.2 Å². The van der Waals surface area contributed by atoms with Crippen molar-refractivity contribution in [3.8, 4) is 0 Å². The zero-order valence-electron chi connectivity index (χ0n) is 12.6. The lowest BCUT2D eigenvalue weighted by Gasteiger charge is -2.38. The second kappa shape index (κ2) is 6.90. The Balaban J connectivity index is 1.49. The van der Waals surface area contributed by atoms with Gasteiger partial charge in [0, 0.05) is 18.0 Å². The van der Waals surface area contributed by atoms with Gasteiger partial charge in [0.1, 0.15) is 5.69 Å². The first kappa shape index (κ1) is 16.3. The third-order valence-electron chi connectivity index (χ3n) is 3.73. The molecule has 122 valence electrons. The molecule has 2 aromatic rings. The van der Waals surface area contributed by atoms with Crippen LogP contribution in [0.1, 0.15) is 24.8 Å². The van der Waals surface area contributed by atoms with E-state index in [1.54, 1.807) is 22.7 Å². The highest BCUT2D eigenvalue weighted by atomic mass is 35.5. The number of likely N-dealkylation sites (tertiary alicyclic amines) is 1. The van der Waals surface area contributed by atoms with Crippen molar-refractivity contribution in [1.29, 1.82) is 0 Å². The van der Waals surface area contributed by atoms with Crippen LogP contribution in [0.3, 0.4) is 0 Å². The molecule has 1 aromatic heterocycles. The summed E-state index contributed by atoms with van der Waals surface area (Å²) in [5.74, 6) is 0.453. The average molecular weight is 353 g/mol. The number of thioether (sulfide) groups is 1. The number of nitrogens with zero attached hydrogens (tertiary/aromatic N) is 4. The van der Waals surface area contributed by atoms with Crippen LogP contribution in [0, 0.1) is 0 Å². The highest BCUT2D eigenvalue weighted by Gasteiger charge is 2.32. The smallest absolute Gasteiger partial charge is 0.233 e. The van der Waals surface area contributed by atoms with E-state index in [4.69, 9.17) is 11.6 Å². The quantitative estimate of drug-likeness (QED) is 0.835. The zero-order valence-corrected chi connectivity index (χ0v) is 14.2. The van der Waals surface area contributed by atoms with Crippen molar-refractivity contribution in [2.45, 2.75) is 24.0 Å². The summed E-state index contributed by atoms with van der Waals surface area (Å²) in [6.45, 7) is 2.88. The maximum absolute atomic E-state index is 12.2. The molecule has 1 aromatic carbocycles. The minimum Gasteiger partial charge on any atom is -0.387 e. The minimum absolute atomic E-state index is 0.0852. The van der Waals surface area contributed by atoms with E-state index < -0.39 is 6.10 Å². The van der Waals surface area contributed by atoms with Crippen molar-refractivity contribution < 1.29 is 9.90 Å². The number of hydrogen-bond acceptors (Lipinski definition) is 5. The third kappa shape index (κ3) is 3.68. The van der Waals surface area contributed by atoms with Crippen LogP contribution in [0.15, 0.2) is 35.4 Å². The lowest BCUT2D eigenvalue weighted by atomic mass is 10.1. The highest BCUT2D eigenvalue weighted by molar-refractivity contribution is 8.00. The summed E-state index contributed by atoms with van der Waals surface area (Å²) < 4.78 is 1.72. The number of aromatic nitrogens is 3. The molecule has 0 bridgehead atoms. The number of benzene rings is 1. The summed E-state index contributed by atoms with van der Waals surface area (Å²) in [4.78, 5) is 14.9. The van der Waals surface area contributed by atoms with E-state index in [-0.39, 0.29) is 11.9 Å². The van der Waals surface area contributed by atoms with Crippen LogP contribution in [0.2, 0.25) is 5.02 Å². The molecular formula is C15H17ClN4O2S. The Morgan fingerprint density at radius 3 is 2.87 bits per heavy atom. The Kier molecular flexibility index (Phi) is 4.89. The Labute approximate surface area is 143 Å². The van der Waals surface area contributed by atoms with Crippen LogP contribution in [0.25, 0.3) is 0 Å². The summed E-state index contributed by atoms with van der Waals surface area (Å²) >= 11 is 7.53. The van der Waals surface area contributed by atoms with E-state index in [0.717, 1.165) is 4.90 Å². The Morgan fingerprint density at radius 1 is 1.48 bits per heavy atom. The number of aliphatic hydroxyl groups is 1. The summed E-state index contributed by atoms with van der Waals surface area (Å²) in [6.07, 6.45) is 1.10. The summed E-state index contributed by atoms with van der Waals surface area (Å²) in [5, 5.41) is 18.0. The fourth-order valence-corrected chi connectivity index (χ4v) is 3.42. The van der Waals surface area contributed by atoms with Crippen molar-refractivity contribution in [1.82, 2.24) is 19.9 Å². The first-order valence-electron chi connectivity index (χ1n) is 7.29. The molecule has 1 atom stereocenters. The van der Waals surface area contributed by atoms with Gasteiger partial charge in [0.05, 0.1) is 29.1 Å². The van der Waals surface area contributed by atoms with Gasteiger partial charge in [0.25, 0.3) is 0 Å². The molecule has 2 heterocycles. The van der Waals surface area contributed by atoms with Crippen LogP contribution < -0.4 is 0 Å². The van der Waals surface area contributed by atoms with E-state index in [1.165, 1.54) is 11.8 Å². The fourth-order valence-electron chi connectivity index (χ4n) is 2.28. The maximum atomic E-state index is 12.2. The second-order valence-corrected chi connectivity index (χ2v) is 6.90.